The van der Waals surface area contributed by atoms with Gasteiger partial charge in [-0.3, -0.25) is 0 Å². The van der Waals surface area contributed by atoms with Crippen molar-refractivity contribution in [2.75, 3.05) is 0 Å². The fourth-order valence-corrected chi connectivity index (χ4v) is 2.85. The van der Waals surface area contributed by atoms with Gasteiger partial charge in [-0.2, -0.15) is 0 Å². The van der Waals surface area contributed by atoms with E-state index in [-0.39, 0.29) is 17.7 Å². The summed E-state index contributed by atoms with van der Waals surface area (Å²) in [6, 6.07) is 8.86. The molecule has 120 valence electrons. The number of aliphatic imine (C=N–C) groups is 1. The van der Waals surface area contributed by atoms with Crippen LogP contribution in [-0.4, -0.2) is 17.0 Å². The molecule has 0 aliphatic carbocycles. The van der Waals surface area contributed by atoms with Gasteiger partial charge in [-0.05, 0) is 44.2 Å². The molecule has 2 aromatic rings. The Kier molecular flexibility index (Phi) is 3.78. The number of hydrogen-bond donors (Lipinski definition) is 2. The summed E-state index contributed by atoms with van der Waals surface area (Å²) < 4.78 is 19.3. The second kappa shape index (κ2) is 5.51. The number of fused-ring (bicyclic) bond motifs is 1. The molecule has 0 radical (unpaired) electrons. The van der Waals surface area contributed by atoms with Gasteiger partial charge in [0.25, 0.3) is 0 Å². The molecular weight excluding hydrogens is 319 g/mol. The Balaban J connectivity index is 2.23. The first-order valence-corrected chi connectivity index (χ1v) is 7.54. The molecule has 0 saturated heterocycles. The van der Waals surface area contributed by atoms with Crippen molar-refractivity contribution in [2.45, 2.75) is 25.6 Å². The molecule has 1 unspecified atom stereocenters. The van der Waals surface area contributed by atoms with E-state index in [1.165, 1.54) is 18.2 Å². The van der Waals surface area contributed by atoms with Crippen molar-refractivity contribution in [3.8, 4) is 5.75 Å². The van der Waals surface area contributed by atoms with Gasteiger partial charge >= 0.3 is 0 Å². The van der Waals surface area contributed by atoms with Gasteiger partial charge in [-0.15, -0.1) is 0 Å². The van der Waals surface area contributed by atoms with E-state index < -0.39 is 11.4 Å². The maximum absolute atomic E-state index is 13.6. The summed E-state index contributed by atoms with van der Waals surface area (Å²) in [7, 11) is 0. The first kappa shape index (κ1) is 15.8. The maximum atomic E-state index is 13.6. The third-order valence-electron chi connectivity index (χ3n) is 3.66. The quantitative estimate of drug-likeness (QED) is 0.902. The van der Waals surface area contributed by atoms with Crippen LogP contribution in [0.15, 0.2) is 41.4 Å². The Morgan fingerprint density at radius 1 is 1.22 bits per heavy atom. The van der Waals surface area contributed by atoms with E-state index in [0.717, 1.165) is 0 Å². The highest BCUT2D eigenvalue weighted by Gasteiger charge is 2.44. The SMILES string of the molecule is CC(C)Oc1cc(F)ccc1C1(O)C(N)=Nc2ccc(Cl)cc21. The summed E-state index contributed by atoms with van der Waals surface area (Å²) in [6.07, 6.45) is -0.197. The molecular formula is C17H16ClFN2O2. The standard InChI is InChI=1S/C17H16ClFN2O2/c1-9(2)23-15-8-11(19)4-5-12(15)17(22)13-7-10(18)3-6-14(13)21-16(17)20/h3-9,22H,1-2H3,(H2,20,21). The zero-order valence-corrected chi connectivity index (χ0v) is 13.4. The van der Waals surface area contributed by atoms with E-state index in [2.05, 4.69) is 4.99 Å². The van der Waals surface area contributed by atoms with Crippen molar-refractivity contribution >= 4 is 23.1 Å². The van der Waals surface area contributed by atoms with Gasteiger partial charge in [0.2, 0.25) is 0 Å². The fourth-order valence-electron chi connectivity index (χ4n) is 2.67. The Hall–Kier alpha value is -2.11. The van der Waals surface area contributed by atoms with E-state index in [1.54, 1.807) is 18.2 Å². The monoisotopic (exact) mass is 334 g/mol. The summed E-state index contributed by atoms with van der Waals surface area (Å²) in [5.41, 5.74) is 5.58. The molecule has 0 spiro atoms. The number of nitrogens with zero attached hydrogens (tertiary/aromatic N) is 1. The third-order valence-corrected chi connectivity index (χ3v) is 3.89. The van der Waals surface area contributed by atoms with Gasteiger partial charge in [0, 0.05) is 22.2 Å². The van der Waals surface area contributed by atoms with Gasteiger partial charge in [0.15, 0.2) is 5.60 Å². The van der Waals surface area contributed by atoms with Crippen LogP contribution in [0.2, 0.25) is 5.02 Å². The Labute approximate surface area is 138 Å². The molecule has 0 fully saturated rings. The smallest absolute Gasteiger partial charge is 0.178 e. The minimum atomic E-state index is -1.71. The summed E-state index contributed by atoms with van der Waals surface area (Å²) in [4.78, 5) is 4.20. The lowest BCUT2D eigenvalue weighted by Crippen LogP contribution is -2.40. The number of rotatable bonds is 3. The highest BCUT2D eigenvalue weighted by Crippen LogP contribution is 2.45. The zero-order chi connectivity index (χ0) is 16.8. The molecule has 3 rings (SSSR count). The highest BCUT2D eigenvalue weighted by molar-refractivity contribution is 6.30. The molecule has 0 amide bonds. The lowest BCUT2D eigenvalue weighted by atomic mass is 9.85. The fraction of sp³-hybridized carbons (Fsp3) is 0.235. The van der Waals surface area contributed by atoms with E-state index in [0.29, 0.717) is 21.8 Å². The van der Waals surface area contributed by atoms with Crippen molar-refractivity contribution in [3.63, 3.8) is 0 Å². The third kappa shape index (κ3) is 2.56. The van der Waals surface area contributed by atoms with Crippen molar-refractivity contribution < 1.29 is 14.2 Å². The van der Waals surface area contributed by atoms with E-state index >= 15 is 0 Å². The molecule has 0 saturated carbocycles. The maximum Gasteiger partial charge on any atom is 0.178 e. The lowest BCUT2D eigenvalue weighted by molar-refractivity contribution is 0.148. The average Bonchev–Trinajstić information content (AvgIpc) is 2.71. The van der Waals surface area contributed by atoms with Crippen LogP contribution in [0.1, 0.15) is 25.0 Å². The van der Waals surface area contributed by atoms with E-state index in [4.69, 9.17) is 22.1 Å². The number of amidine groups is 1. The first-order valence-electron chi connectivity index (χ1n) is 7.16. The van der Waals surface area contributed by atoms with Gasteiger partial charge in [-0.1, -0.05) is 11.6 Å². The molecule has 3 N–H and O–H groups in total. The van der Waals surface area contributed by atoms with Gasteiger partial charge < -0.3 is 15.6 Å². The largest absolute Gasteiger partial charge is 0.490 e. The number of benzene rings is 2. The first-order chi connectivity index (χ1) is 10.8. The molecule has 0 bridgehead atoms. The topological polar surface area (TPSA) is 67.8 Å². The number of nitrogens with two attached hydrogens (primary N) is 1. The predicted molar refractivity (Wildman–Crippen MR) is 87.9 cm³/mol. The minimum absolute atomic E-state index is 0.00465. The zero-order valence-electron chi connectivity index (χ0n) is 12.7. The van der Waals surface area contributed by atoms with Gasteiger partial charge in [-0.25, -0.2) is 9.38 Å². The molecule has 1 aliphatic rings. The van der Waals surface area contributed by atoms with E-state index in [9.17, 15) is 9.50 Å². The Bertz CT molecular complexity index is 807. The number of aliphatic hydroxyl groups is 1. The van der Waals surface area contributed by atoms with Gasteiger partial charge in [0.05, 0.1) is 11.8 Å². The second-order valence-electron chi connectivity index (χ2n) is 5.68. The van der Waals surface area contributed by atoms with Crippen molar-refractivity contribution in [2.24, 2.45) is 10.7 Å². The van der Waals surface area contributed by atoms with E-state index in [1.807, 2.05) is 13.8 Å². The van der Waals surface area contributed by atoms with Crippen molar-refractivity contribution in [3.05, 3.63) is 58.4 Å². The van der Waals surface area contributed by atoms with Crippen molar-refractivity contribution in [1.29, 1.82) is 0 Å². The summed E-state index contributed by atoms with van der Waals surface area (Å²) >= 11 is 6.04. The number of hydrogen-bond acceptors (Lipinski definition) is 4. The highest BCUT2D eigenvalue weighted by atomic mass is 35.5. The molecule has 4 nitrogen and oxygen atoms in total. The van der Waals surface area contributed by atoms with Gasteiger partial charge in [0.1, 0.15) is 17.4 Å². The average molecular weight is 335 g/mol. The molecule has 0 aromatic heterocycles. The van der Waals surface area contributed by atoms with Crippen LogP contribution >= 0.6 is 11.6 Å². The van der Waals surface area contributed by atoms with Crippen LogP contribution in [0.25, 0.3) is 0 Å². The molecule has 23 heavy (non-hydrogen) atoms. The van der Waals surface area contributed by atoms with Crippen LogP contribution in [0.4, 0.5) is 10.1 Å². The van der Waals surface area contributed by atoms with Crippen LogP contribution in [0.5, 0.6) is 5.75 Å². The summed E-state index contributed by atoms with van der Waals surface area (Å²) in [5.74, 6) is -0.253. The van der Waals surface area contributed by atoms with Crippen LogP contribution in [-0.2, 0) is 5.60 Å². The summed E-state index contributed by atoms with van der Waals surface area (Å²) in [6.45, 7) is 3.63. The minimum Gasteiger partial charge on any atom is -0.490 e. The molecule has 1 atom stereocenters. The number of halogens is 2. The second-order valence-corrected chi connectivity index (χ2v) is 6.11. The van der Waals surface area contributed by atoms with Crippen LogP contribution < -0.4 is 10.5 Å². The lowest BCUT2D eigenvalue weighted by Gasteiger charge is -2.27. The van der Waals surface area contributed by atoms with Crippen LogP contribution in [0, 0.1) is 5.82 Å². The Morgan fingerprint density at radius 3 is 2.65 bits per heavy atom. The Morgan fingerprint density at radius 2 is 1.96 bits per heavy atom. The van der Waals surface area contributed by atoms with Crippen LogP contribution in [0.3, 0.4) is 0 Å². The predicted octanol–water partition coefficient (Wildman–Crippen LogP) is 3.50. The molecule has 1 heterocycles. The normalized spacial score (nSPS) is 19.7. The molecule has 2 aromatic carbocycles. The molecule has 1 aliphatic heterocycles. The number of ether oxygens (including phenoxy) is 1. The van der Waals surface area contributed by atoms with Crippen molar-refractivity contribution in [1.82, 2.24) is 0 Å². The molecule has 6 heteroatoms. The summed E-state index contributed by atoms with van der Waals surface area (Å²) in [5, 5.41) is 11.7.